The Hall–Kier alpha value is -0.810. The molecule has 1 heterocycles. The van der Waals surface area contributed by atoms with E-state index in [2.05, 4.69) is 29.2 Å². The highest BCUT2D eigenvalue weighted by Crippen LogP contribution is 2.13. The van der Waals surface area contributed by atoms with Crippen LogP contribution in [0.3, 0.4) is 0 Å². The van der Waals surface area contributed by atoms with E-state index in [1.165, 1.54) is 0 Å². The van der Waals surface area contributed by atoms with Gasteiger partial charge in [0.2, 0.25) is 0 Å². The lowest BCUT2D eigenvalue weighted by molar-refractivity contribution is 0.0309. The number of ether oxygens (including phenoxy) is 2. The molecule has 1 saturated heterocycles. The minimum absolute atomic E-state index is 0.224. The van der Waals surface area contributed by atoms with Crippen LogP contribution >= 0.6 is 0 Å². The quantitative estimate of drug-likeness (QED) is 0.585. The number of hydrogen-bond donors (Lipinski definition) is 1. The zero-order valence-electron chi connectivity index (χ0n) is 13.0. The molecule has 0 spiro atoms. The molecule has 0 aromatic carbocycles. The van der Waals surface area contributed by atoms with Crippen LogP contribution in [0.4, 0.5) is 0 Å². The normalized spacial score (nSPS) is 20.7. The van der Waals surface area contributed by atoms with Crippen molar-refractivity contribution in [3.8, 4) is 0 Å². The second-order valence-corrected chi connectivity index (χ2v) is 5.74. The van der Waals surface area contributed by atoms with Gasteiger partial charge in [0, 0.05) is 39.8 Å². The maximum Gasteiger partial charge on any atom is 0.193 e. The van der Waals surface area contributed by atoms with Crippen molar-refractivity contribution in [2.45, 2.75) is 32.8 Å². The molecular formula is C14H29N3O2. The predicted molar refractivity (Wildman–Crippen MR) is 78.6 cm³/mol. The van der Waals surface area contributed by atoms with Crippen molar-refractivity contribution >= 4 is 5.96 Å². The average molecular weight is 271 g/mol. The van der Waals surface area contributed by atoms with Gasteiger partial charge < -0.3 is 19.7 Å². The predicted octanol–water partition coefficient (Wildman–Crippen LogP) is 1.35. The molecule has 0 amide bonds. The molecule has 1 atom stereocenters. The molecule has 19 heavy (non-hydrogen) atoms. The van der Waals surface area contributed by atoms with Gasteiger partial charge in [0.1, 0.15) is 0 Å². The lowest BCUT2D eigenvalue weighted by atomic mass is 10.1. The first-order valence-electron chi connectivity index (χ1n) is 7.11. The Labute approximate surface area is 117 Å². The number of hydrogen-bond acceptors (Lipinski definition) is 3. The molecule has 5 nitrogen and oxygen atoms in total. The summed E-state index contributed by atoms with van der Waals surface area (Å²) in [5.41, 5.74) is -0.224. The van der Waals surface area contributed by atoms with Gasteiger partial charge in [0.15, 0.2) is 5.96 Å². The summed E-state index contributed by atoms with van der Waals surface area (Å²) in [4.78, 5) is 6.85. The second-order valence-electron chi connectivity index (χ2n) is 5.74. The van der Waals surface area contributed by atoms with Crippen molar-refractivity contribution in [1.29, 1.82) is 0 Å². The zero-order chi connectivity index (χ0) is 14.3. The van der Waals surface area contributed by atoms with Crippen molar-refractivity contribution < 1.29 is 9.47 Å². The van der Waals surface area contributed by atoms with Gasteiger partial charge in [-0.3, -0.25) is 4.99 Å². The summed E-state index contributed by atoms with van der Waals surface area (Å²) in [6, 6.07) is 0. The van der Waals surface area contributed by atoms with Crippen LogP contribution in [0.15, 0.2) is 4.99 Å². The summed E-state index contributed by atoms with van der Waals surface area (Å²) in [6.45, 7) is 10.4. The monoisotopic (exact) mass is 271 g/mol. The van der Waals surface area contributed by atoms with Crippen molar-refractivity contribution in [3.63, 3.8) is 0 Å². The van der Waals surface area contributed by atoms with Crippen LogP contribution in [0.1, 0.15) is 27.2 Å². The van der Waals surface area contributed by atoms with E-state index in [0.29, 0.717) is 12.5 Å². The van der Waals surface area contributed by atoms with E-state index in [9.17, 15) is 0 Å². The van der Waals surface area contributed by atoms with E-state index in [1.807, 2.05) is 13.8 Å². The van der Waals surface area contributed by atoms with Crippen LogP contribution < -0.4 is 5.32 Å². The molecule has 112 valence electrons. The largest absolute Gasteiger partial charge is 0.381 e. The Morgan fingerprint density at radius 2 is 2.26 bits per heavy atom. The van der Waals surface area contributed by atoms with Crippen LogP contribution in [0, 0.1) is 5.92 Å². The first kappa shape index (κ1) is 16.2. The standard InChI is InChI=1S/C14H29N3O2/c1-6-15-13(16-11-14(2,3)18-5)17(4)9-12-7-8-19-10-12/h12H,6-11H2,1-5H3,(H,15,16). The molecule has 1 rings (SSSR count). The van der Waals surface area contributed by atoms with Gasteiger partial charge in [-0.1, -0.05) is 0 Å². The smallest absolute Gasteiger partial charge is 0.193 e. The summed E-state index contributed by atoms with van der Waals surface area (Å²) < 4.78 is 10.8. The molecule has 0 bridgehead atoms. The first-order valence-corrected chi connectivity index (χ1v) is 7.11. The molecule has 0 aromatic rings. The SMILES string of the molecule is CCNC(=NCC(C)(C)OC)N(C)CC1CCOC1. The van der Waals surface area contributed by atoms with E-state index in [0.717, 1.165) is 38.7 Å². The molecule has 1 aliphatic heterocycles. The number of guanidine groups is 1. The maximum atomic E-state index is 5.42. The van der Waals surface area contributed by atoms with Crippen LogP contribution in [0.5, 0.6) is 0 Å². The van der Waals surface area contributed by atoms with Crippen LogP contribution in [-0.2, 0) is 9.47 Å². The minimum atomic E-state index is -0.224. The van der Waals surface area contributed by atoms with Gasteiger partial charge in [0.25, 0.3) is 0 Å². The van der Waals surface area contributed by atoms with Crippen molar-refractivity contribution in [2.75, 3.05) is 47.0 Å². The average Bonchev–Trinajstić information content (AvgIpc) is 2.87. The van der Waals surface area contributed by atoms with Crippen molar-refractivity contribution in [3.05, 3.63) is 0 Å². The molecular weight excluding hydrogens is 242 g/mol. The van der Waals surface area contributed by atoms with Gasteiger partial charge in [-0.05, 0) is 27.2 Å². The number of rotatable bonds is 6. The zero-order valence-corrected chi connectivity index (χ0v) is 13.0. The Morgan fingerprint density at radius 3 is 2.79 bits per heavy atom. The Morgan fingerprint density at radius 1 is 1.53 bits per heavy atom. The third kappa shape index (κ3) is 5.78. The summed E-state index contributed by atoms with van der Waals surface area (Å²) in [7, 11) is 3.81. The Bertz CT molecular complexity index is 286. The van der Waals surface area contributed by atoms with Gasteiger partial charge in [-0.15, -0.1) is 0 Å². The van der Waals surface area contributed by atoms with Gasteiger partial charge >= 0.3 is 0 Å². The highest BCUT2D eigenvalue weighted by Gasteiger charge is 2.20. The molecule has 0 aromatic heterocycles. The van der Waals surface area contributed by atoms with E-state index in [4.69, 9.17) is 9.47 Å². The molecule has 0 aliphatic carbocycles. The summed E-state index contributed by atoms with van der Waals surface area (Å²) in [5.74, 6) is 1.56. The molecule has 0 saturated carbocycles. The van der Waals surface area contributed by atoms with Gasteiger partial charge in [0.05, 0.1) is 18.8 Å². The minimum Gasteiger partial charge on any atom is -0.381 e. The van der Waals surface area contributed by atoms with E-state index >= 15 is 0 Å². The highest BCUT2D eigenvalue weighted by atomic mass is 16.5. The van der Waals surface area contributed by atoms with Crippen LogP contribution in [0.25, 0.3) is 0 Å². The highest BCUT2D eigenvalue weighted by molar-refractivity contribution is 5.79. The lowest BCUT2D eigenvalue weighted by Gasteiger charge is -2.26. The van der Waals surface area contributed by atoms with Gasteiger partial charge in [-0.2, -0.15) is 0 Å². The lowest BCUT2D eigenvalue weighted by Crippen LogP contribution is -2.42. The molecule has 1 N–H and O–H groups in total. The summed E-state index contributed by atoms with van der Waals surface area (Å²) >= 11 is 0. The molecule has 1 unspecified atom stereocenters. The van der Waals surface area contributed by atoms with Crippen molar-refractivity contribution in [1.82, 2.24) is 10.2 Å². The van der Waals surface area contributed by atoms with Crippen LogP contribution in [0.2, 0.25) is 0 Å². The third-order valence-corrected chi connectivity index (χ3v) is 3.41. The van der Waals surface area contributed by atoms with E-state index < -0.39 is 0 Å². The third-order valence-electron chi connectivity index (χ3n) is 3.41. The van der Waals surface area contributed by atoms with Gasteiger partial charge in [-0.25, -0.2) is 0 Å². The number of aliphatic imine (C=N–C) groups is 1. The molecule has 5 heteroatoms. The maximum absolute atomic E-state index is 5.42. The topological polar surface area (TPSA) is 46.1 Å². The van der Waals surface area contributed by atoms with E-state index in [1.54, 1.807) is 7.11 Å². The second kappa shape index (κ2) is 7.70. The fourth-order valence-electron chi connectivity index (χ4n) is 2.00. The van der Waals surface area contributed by atoms with E-state index in [-0.39, 0.29) is 5.60 Å². The molecule has 1 aliphatic rings. The number of nitrogens with zero attached hydrogens (tertiary/aromatic N) is 2. The summed E-state index contributed by atoms with van der Waals surface area (Å²) in [6.07, 6.45) is 1.15. The first-order chi connectivity index (χ1) is 8.98. The summed E-state index contributed by atoms with van der Waals surface area (Å²) in [5, 5.41) is 3.33. The fourth-order valence-corrected chi connectivity index (χ4v) is 2.00. The molecule has 0 radical (unpaired) electrons. The number of nitrogens with one attached hydrogen (secondary N) is 1. The molecule has 1 fully saturated rings. The van der Waals surface area contributed by atoms with Crippen molar-refractivity contribution in [2.24, 2.45) is 10.9 Å². The fraction of sp³-hybridized carbons (Fsp3) is 0.929. The van der Waals surface area contributed by atoms with Crippen LogP contribution in [-0.4, -0.2) is 63.5 Å². The Balaban J connectivity index is 2.56. The Kier molecular flexibility index (Phi) is 6.58. The number of methoxy groups -OCH3 is 1.